The van der Waals surface area contributed by atoms with Crippen molar-refractivity contribution in [2.75, 3.05) is 6.54 Å². The normalized spacial score (nSPS) is 12.1. The van der Waals surface area contributed by atoms with Gasteiger partial charge < -0.3 is 20.8 Å². The summed E-state index contributed by atoms with van der Waals surface area (Å²) in [5, 5.41) is 31.2. The lowest BCUT2D eigenvalue weighted by Crippen LogP contribution is -2.46. The number of hydrogen-bond acceptors (Lipinski definition) is 4. The van der Waals surface area contributed by atoms with E-state index in [1.54, 1.807) is 12.1 Å². The van der Waals surface area contributed by atoms with Gasteiger partial charge in [-0.1, -0.05) is 66.7 Å². The third kappa shape index (κ3) is 5.37. The zero-order valence-corrected chi connectivity index (χ0v) is 20.7. The lowest BCUT2D eigenvalue weighted by molar-refractivity contribution is -0.141. The van der Waals surface area contributed by atoms with Crippen molar-refractivity contribution in [2.24, 2.45) is 0 Å². The van der Waals surface area contributed by atoms with Crippen LogP contribution >= 0.6 is 0 Å². The smallest absolute Gasteiger partial charge is 0.326 e. The number of phenolic OH excluding ortho intramolecular Hbond substituents is 1. The minimum absolute atomic E-state index is 0.0641. The maximum Gasteiger partial charge on any atom is 0.326 e. The van der Waals surface area contributed by atoms with Gasteiger partial charge in [0.25, 0.3) is 0 Å². The molecule has 5 aromatic rings. The van der Waals surface area contributed by atoms with E-state index in [-0.39, 0.29) is 31.0 Å². The number of rotatable bonds is 10. The highest BCUT2D eigenvalue weighted by molar-refractivity contribution is 6.23. The average Bonchev–Trinajstić information content (AvgIpc) is 2.92. The molecule has 0 bridgehead atoms. The molecule has 4 N–H and O–H groups in total. The van der Waals surface area contributed by atoms with E-state index in [0.717, 1.165) is 6.42 Å². The topological polar surface area (TPSA) is 116 Å². The van der Waals surface area contributed by atoms with Gasteiger partial charge in [-0.2, -0.15) is 0 Å². The van der Waals surface area contributed by atoms with Crippen LogP contribution in [0.5, 0.6) is 5.75 Å². The van der Waals surface area contributed by atoms with Crippen LogP contribution in [-0.4, -0.2) is 40.6 Å². The Morgan fingerprint density at radius 3 is 2.13 bits per heavy atom. The standard InChI is InChI=1S/C31H28N2O5/c34-24-14-7-19(8-15-24)17-26(31(37)38)33-28(36)18-32-27(35)6-2-3-20-9-10-23-12-11-21-4-1-5-22-13-16-25(20)30(23)29(21)22/h1,4-5,7-16,26,34H,2-3,6,17-18H2,(H,32,35)(H,33,36)(H,37,38)/t26-/m0/s1. The summed E-state index contributed by atoms with van der Waals surface area (Å²) in [5.74, 6) is -1.93. The van der Waals surface area contributed by atoms with Crippen LogP contribution in [0.2, 0.25) is 0 Å². The molecule has 7 heteroatoms. The number of phenols is 1. The van der Waals surface area contributed by atoms with Crippen molar-refractivity contribution in [3.8, 4) is 5.75 Å². The van der Waals surface area contributed by atoms with Gasteiger partial charge in [-0.3, -0.25) is 9.59 Å². The van der Waals surface area contributed by atoms with Crippen LogP contribution in [-0.2, 0) is 27.2 Å². The molecule has 0 fully saturated rings. The summed E-state index contributed by atoms with van der Waals surface area (Å²) in [6.45, 7) is -0.295. The summed E-state index contributed by atoms with van der Waals surface area (Å²) < 4.78 is 0. The maximum absolute atomic E-state index is 12.4. The maximum atomic E-state index is 12.4. The van der Waals surface area contributed by atoms with Crippen molar-refractivity contribution >= 4 is 50.1 Å². The molecule has 7 nitrogen and oxygen atoms in total. The third-order valence-corrected chi connectivity index (χ3v) is 6.92. The fourth-order valence-electron chi connectivity index (χ4n) is 5.03. The van der Waals surface area contributed by atoms with E-state index in [4.69, 9.17) is 0 Å². The van der Waals surface area contributed by atoms with Gasteiger partial charge in [-0.05, 0) is 68.4 Å². The molecule has 0 aliphatic carbocycles. The largest absolute Gasteiger partial charge is 0.508 e. The van der Waals surface area contributed by atoms with Crippen molar-refractivity contribution < 1.29 is 24.6 Å². The second-order valence-electron chi connectivity index (χ2n) is 9.54. The summed E-state index contributed by atoms with van der Waals surface area (Å²) in [5.41, 5.74) is 1.84. The van der Waals surface area contributed by atoms with Crippen LogP contribution in [0, 0.1) is 0 Å². The van der Waals surface area contributed by atoms with E-state index in [0.29, 0.717) is 12.0 Å². The number of benzene rings is 5. The fraction of sp³-hybridized carbons (Fsp3) is 0.194. The van der Waals surface area contributed by atoms with Crippen LogP contribution in [0.3, 0.4) is 0 Å². The number of aryl methyl sites for hydroxylation is 1. The Morgan fingerprint density at radius 2 is 1.42 bits per heavy atom. The van der Waals surface area contributed by atoms with Gasteiger partial charge in [0.1, 0.15) is 11.8 Å². The van der Waals surface area contributed by atoms with Gasteiger partial charge in [0.15, 0.2) is 0 Å². The van der Waals surface area contributed by atoms with Crippen LogP contribution < -0.4 is 10.6 Å². The highest BCUT2D eigenvalue weighted by atomic mass is 16.4. The number of aromatic hydroxyl groups is 1. The molecule has 1 atom stereocenters. The van der Waals surface area contributed by atoms with E-state index >= 15 is 0 Å². The SMILES string of the molecule is O=C(CCCc1ccc2ccc3cccc4ccc1c2c34)NCC(=O)N[C@@H](Cc1ccc(O)cc1)C(=O)O. The lowest BCUT2D eigenvalue weighted by atomic mass is 9.90. The minimum atomic E-state index is -1.17. The molecule has 192 valence electrons. The lowest BCUT2D eigenvalue weighted by Gasteiger charge is -2.15. The second kappa shape index (κ2) is 10.8. The highest BCUT2D eigenvalue weighted by Gasteiger charge is 2.20. The molecule has 0 aliphatic heterocycles. The molecule has 0 heterocycles. The molecular formula is C31H28N2O5. The summed E-state index contributed by atoms with van der Waals surface area (Å²) >= 11 is 0. The molecule has 0 aromatic heterocycles. The molecule has 38 heavy (non-hydrogen) atoms. The zero-order chi connectivity index (χ0) is 26.6. The Labute approximate surface area is 219 Å². The van der Waals surface area contributed by atoms with Crippen molar-refractivity contribution in [1.82, 2.24) is 10.6 Å². The number of carbonyl (C=O) groups is 3. The molecule has 0 aliphatic rings. The van der Waals surface area contributed by atoms with Crippen molar-refractivity contribution in [1.29, 1.82) is 0 Å². The molecule has 5 rings (SSSR count). The Balaban J connectivity index is 1.15. The van der Waals surface area contributed by atoms with Crippen molar-refractivity contribution in [3.63, 3.8) is 0 Å². The van der Waals surface area contributed by atoms with Gasteiger partial charge >= 0.3 is 5.97 Å². The molecule has 0 saturated carbocycles. The van der Waals surface area contributed by atoms with E-state index in [2.05, 4.69) is 65.2 Å². The Kier molecular flexibility index (Phi) is 7.09. The zero-order valence-electron chi connectivity index (χ0n) is 20.7. The van der Waals surface area contributed by atoms with Crippen molar-refractivity contribution in [2.45, 2.75) is 31.7 Å². The van der Waals surface area contributed by atoms with Gasteiger partial charge in [-0.15, -0.1) is 0 Å². The first-order valence-electron chi connectivity index (χ1n) is 12.6. The van der Waals surface area contributed by atoms with E-state index in [1.165, 1.54) is 50.0 Å². The van der Waals surface area contributed by atoms with Crippen LogP contribution in [0.15, 0.2) is 78.9 Å². The number of nitrogens with one attached hydrogen (secondary N) is 2. The summed E-state index contributed by atoms with van der Waals surface area (Å²) in [4.78, 5) is 36.2. The van der Waals surface area contributed by atoms with Crippen molar-refractivity contribution in [3.05, 3.63) is 90.0 Å². The Morgan fingerprint density at radius 1 is 0.763 bits per heavy atom. The number of carboxylic acids is 1. The second-order valence-corrected chi connectivity index (χ2v) is 9.54. The van der Waals surface area contributed by atoms with Crippen LogP contribution in [0.4, 0.5) is 0 Å². The van der Waals surface area contributed by atoms with E-state index < -0.39 is 17.9 Å². The Bertz CT molecular complexity index is 1610. The first-order chi connectivity index (χ1) is 18.4. The van der Waals surface area contributed by atoms with Gasteiger partial charge in [-0.25, -0.2) is 4.79 Å². The first kappa shape index (κ1) is 25.0. The average molecular weight is 509 g/mol. The summed E-state index contributed by atoms with van der Waals surface area (Å²) in [6.07, 6.45) is 1.66. The molecule has 0 unspecified atom stereocenters. The fourth-order valence-corrected chi connectivity index (χ4v) is 5.03. The quantitative estimate of drug-likeness (QED) is 0.207. The summed E-state index contributed by atoms with van der Waals surface area (Å²) in [7, 11) is 0. The third-order valence-electron chi connectivity index (χ3n) is 6.92. The minimum Gasteiger partial charge on any atom is -0.508 e. The number of hydrogen-bond donors (Lipinski definition) is 4. The highest BCUT2D eigenvalue weighted by Crippen LogP contribution is 2.36. The Hall–Kier alpha value is -4.65. The molecule has 2 amide bonds. The van der Waals surface area contributed by atoms with E-state index in [1.807, 2.05) is 0 Å². The van der Waals surface area contributed by atoms with E-state index in [9.17, 15) is 24.6 Å². The summed E-state index contributed by atoms with van der Waals surface area (Å²) in [6, 6.07) is 24.1. The first-order valence-corrected chi connectivity index (χ1v) is 12.6. The van der Waals surface area contributed by atoms with Gasteiger partial charge in [0.05, 0.1) is 6.54 Å². The number of amides is 2. The number of carboxylic acid groups (broad SMARTS) is 1. The molecule has 0 spiro atoms. The molecule has 0 saturated heterocycles. The van der Waals surface area contributed by atoms with Crippen LogP contribution in [0.25, 0.3) is 32.3 Å². The number of carbonyl (C=O) groups excluding carboxylic acids is 2. The molecular weight excluding hydrogens is 480 g/mol. The molecule has 0 radical (unpaired) electrons. The van der Waals surface area contributed by atoms with Gasteiger partial charge in [0.2, 0.25) is 11.8 Å². The molecule has 5 aromatic carbocycles. The van der Waals surface area contributed by atoms with Gasteiger partial charge in [0, 0.05) is 12.8 Å². The number of aliphatic carboxylic acids is 1. The predicted octanol–water partition coefficient (Wildman–Crippen LogP) is 4.54. The van der Waals surface area contributed by atoms with Crippen LogP contribution in [0.1, 0.15) is 24.0 Å². The predicted molar refractivity (Wildman–Crippen MR) is 147 cm³/mol. The monoisotopic (exact) mass is 508 g/mol.